The molecule has 0 saturated carbocycles. The quantitative estimate of drug-likeness (QED) is 0.211. The molecule has 1 unspecified atom stereocenters. The average Bonchev–Trinajstić information content (AvgIpc) is 2.45. The molecule has 0 aromatic rings. The number of halogens is 1. The molecule has 0 nitrogen and oxygen atoms in total. The predicted molar refractivity (Wildman–Crippen MR) is 99.8 cm³/mol. The van der Waals surface area contributed by atoms with Crippen molar-refractivity contribution in [3.8, 4) is 0 Å². The summed E-state index contributed by atoms with van der Waals surface area (Å²) in [6, 6.07) is 0. The monoisotopic (exact) mass is 384 g/mol. The van der Waals surface area contributed by atoms with Gasteiger partial charge in [-0.15, -0.1) is 0 Å². The van der Waals surface area contributed by atoms with Crippen LogP contribution in [0, 0.1) is 12.8 Å². The summed E-state index contributed by atoms with van der Waals surface area (Å²) in [6.07, 6.45) is 22.7. The van der Waals surface area contributed by atoms with Gasteiger partial charge in [0.2, 0.25) is 0 Å². The van der Waals surface area contributed by atoms with E-state index < -0.39 is 0 Å². The van der Waals surface area contributed by atoms with E-state index in [0.29, 0.717) is 0 Å². The normalized spacial score (nSPS) is 11.6. The molecule has 0 heterocycles. The fourth-order valence-corrected chi connectivity index (χ4v) is 2.92. The van der Waals surface area contributed by atoms with Crippen LogP contribution in [-0.2, 0) is 0 Å². The van der Waals surface area contributed by atoms with Crippen LogP contribution in [0.25, 0.3) is 0 Å². The van der Waals surface area contributed by atoms with E-state index in [0.717, 1.165) is 5.92 Å². The molecule has 0 N–H and O–H groups in total. The van der Waals surface area contributed by atoms with Crippen molar-refractivity contribution in [2.24, 2.45) is 5.92 Å². The second-order valence-electron chi connectivity index (χ2n) is 6.69. The van der Waals surface area contributed by atoms with Gasteiger partial charge in [-0.3, -0.25) is 0 Å². The Bertz CT molecular complexity index is 173. The minimum absolute atomic E-state index is 0. The van der Waals surface area contributed by atoms with Gasteiger partial charge in [-0.2, -0.15) is 5.92 Å². The molecule has 0 aliphatic rings. The van der Waals surface area contributed by atoms with Crippen molar-refractivity contribution in [3.63, 3.8) is 0 Å². The van der Waals surface area contributed by atoms with Crippen molar-refractivity contribution in [1.29, 1.82) is 0 Å². The molecule has 0 amide bonds. The van der Waals surface area contributed by atoms with Gasteiger partial charge in [-0.05, 0) is 0 Å². The molecule has 0 aromatic carbocycles. The molecular formula is C20H41BrMg. The molecule has 0 spiro atoms. The second kappa shape index (κ2) is 24.5. The smallest absolute Gasteiger partial charge is 1.00 e. The van der Waals surface area contributed by atoms with Gasteiger partial charge in [-0.1, -0.05) is 117 Å². The number of hydrogen-bond donors (Lipinski definition) is 0. The Morgan fingerprint density at radius 2 is 0.818 bits per heavy atom. The summed E-state index contributed by atoms with van der Waals surface area (Å²) in [6.45, 7) is 8.91. The zero-order valence-electron chi connectivity index (χ0n) is 15.7. The van der Waals surface area contributed by atoms with Crippen LogP contribution in [0.15, 0.2) is 0 Å². The largest absolute Gasteiger partial charge is 2.00 e. The van der Waals surface area contributed by atoms with Gasteiger partial charge < -0.3 is 23.9 Å². The topological polar surface area (TPSA) is 0 Å². The minimum Gasteiger partial charge on any atom is -1.00 e. The van der Waals surface area contributed by atoms with E-state index in [9.17, 15) is 0 Å². The second-order valence-corrected chi connectivity index (χ2v) is 6.69. The predicted octanol–water partition coefficient (Wildman–Crippen LogP) is 4.34. The molecule has 0 aromatic heterocycles. The van der Waals surface area contributed by atoms with Crippen LogP contribution >= 0.6 is 0 Å². The Labute approximate surface area is 168 Å². The summed E-state index contributed by atoms with van der Waals surface area (Å²) in [7, 11) is 0. The van der Waals surface area contributed by atoms with Gasteiger partial charge in [-0.25, -0.2) is 0 Å². The number of unbranched alkanes of at least 4 members (excludes halogenated alkanes) is 12. The SMILES string of the molecule is [Br-].[CH2-]C(CCCCCCCC)CCCCCCCCCC.[Mg+2]. The first-order valence-electron chi connectivity index (χ1n) is 9.64. The third-order valence-corrected chi connectivity index (χ3v) is 4.43. The molecule has 22 heavy (non-hydrogen) atoms. The van der Waals surface area contributed by atoms with Gasteiger partial charge in [0.15, 0.2) is 0 Å². The van der Waals surface area contributed by atoms with Gasteiger partial charge >= 0.3 is 23.1 Å². The Kier molecular flexibility index (Phi) is 31.3. The molecule has 1 atom stereocenters. The van der Waals surface area contributed by atoms with E-state index in [2.05, 4.69) is 20.8 Å². The summed E-state index contributed by atoms with van der Waals surface area (Å²) in [5, 5.41) is 0. The maximum Gasteiger partial charge on any atom is 2.00 e. The van der Waals surface area contributed by atoms with Crippen molar-refractivity contribution < 1.29 is 17.0 Å². The zero-order chi connectivity index (χ0) is 14.9. The molecule has 130 valence electrons. The van der Waals surface area contributed by atoms with E-state index in [1.54, 1.807) is 0 Å². The molecule has 0 saturated heterocycles. The van der Waals surface area contributed by atoms with Crippen molar-refractivity contribution in [2.75, 3.05) is 0 Å². The van der Waals surface area contributed by atoms with E-state index in [1.807, 2.05) is 0 Å². The van der Waals surface area contributed by atoms with Gasteiger partial charge in [0.05, 0.1) is 0 Å². The fraction of sp³-hybridized carbons (Fsp3) is 0.950. The fourth-order valence-electron chi connectivity index (χ4n) is 2.92. The van der Waals surface area contributed by atoms with Crippen LogP contribution in [0.2, 0.25) is 0 Å². The zero-order valence-corrected chi connectivity index (χ0v) is 18.7. The van der Waals surface area contributed by atoms with Crippen LogP contribution in [0.4, 0.5) is 0 Å². The summed E-state index contributed by atoms with van der Waals surface area (Å²) < 4.78 is 0. The molecular weight excluding hydrogens is 344 g/mol. The standard InChI is InChI=1S/C20H41.BrH.Mg/c1-4-6-8-10-12-13-15-17-19-20(3)18-16-14-11-9-7-5-2;;/h20H,3-19H2,1-2H3;1H;/q-1;;+2/p-1. The number of hydrogen-bond acceptors (Lipinski definition) is 0. The van der Waals surface area contributed by atoms with E-state index in [4.69, 9.17) is 0 Å². The average molecular weight is 386 g/mol. The van der Waals surface area contributed by atoms with Crippen molar-refractivity contribution >= 4 is 23.1 Å². The molecule has 2 heteroatoms. The first kappa shape index (κ1) is 28.1. The van der Waals surface area contributed by atoms with Crippen LogP contribution in [0.5, 0.6) is 0 Å². The van der Waals surface area contributed by atoms with E-state index in [-0.39, 0.29) is 40.0 Å². The summed E-state index contributed by atoms with van der Waals surface area (Å²) in [4.78, 5) is 0. The van der Waals surface area contributed by atoms with Crippen molar-refractivity contribution in [3.05, 3.63) is 6.92 Å². The Morgan fingerprint density at radius 3 is 1.14 bits per heavy atom. The Balaban J connectivity index is -0.00000180. The van der Waals surface area contributed by atoms with Crippen LogP contribution in [0.3, 0.4) is 0 Å². The third-order valence-electron chi connectivity index (χ3n) is 4.43. The number of rotatable bonds is 16. The van der Waals surface area contributed by atoms with Gasteiger partial charge in [0.25, 0.3) is 0 Å². The molecule has 0 bridgehead atoms. The van der Waals surface area contributed by atoms with Crippen molar-refractivity contribution in [2.45, 2.75) is 117 Å². The minimum atomic E-state index is 0. The van der Waals surface area contributed by atoms with Crippen LogP contribution in [0.1, 0.15) is 117 Å². The Hall–Kier alpha value is 1.25. The molecule has 0 radical (unpaired) electrons. The summed E-state index contributed by atoms with van der Waals surface area (Å²) >= 11 is 0. The maximum atomic E-state index is 4.33. The molecule has 0 aliphatic heterocycles. The van der Waals surface area contributed by atoms with Crippen LogP contribution in [-0.4, -0.2) is 23.1 Å². The molecule has 0 fully saturated rings. The first-order chi connectivity index (χ1) is 9.81. The summed E-state index contributed by atoms with van der Waals surface area (Å²) in [5.74, 6) is 0.723. The van der Waals surface area contributed by atoms with Crippen molar-refractivity contribution in [1.82, 2.24) is 0 Å². The molecule has 0 rings (SSSR count). The first-order valence-corrected chi connectivity index (χ1v) is 9.64. The summed E-state index contributed by atoms with van der Waals surface area (Å²) in [5.41, 5.74) is 0. The Morgan fingerprint density at radius 1 is 0.545 bits per heavy atom. The van der Waals surface area contributed by atoms with Gasteiger partial charge in [0.1, 0.15) is 0 Å². The van der Waals surface area contributed by atoms with Gasteiger partial charge in [0, 0.05) is 0 Å². The molecule has 0 aliphatic carbocycles. The maximum absolute atomic E-state index is 4.33. The third kappa shape index (κ3) is 23.5. The van der Waals surface area contributed by atoms with E-state index >= 15 is 0 Å². The van der Waals surface area contributed by atoms with E-state index in [1.165, 1.54) is 103 Å². The van der Waals surface area contributed by atoms with Crippen LogP contribution < -0.4 is 17.0 Å².